The number of carbonyl (C=O) groups is 1. The van der Waals surface area contributed by atoms with Crippen molar-refractivity contribution < 1.29 is 13.9 Å². The molecule has 1 N–H and O–H groups in total. The number of halogens is 1. The highest BCUT2D eigenvalue weighted by molar-refractivity contribution is 5.88. The van der Waals surface area contributed by atoms with E-state index < -0.39 is 11.5 Å². The number of nitrogens with one attached hydrogen (secondary N) is 1. The number of methoxy groups -OCH3 is 1. The van der Waals surface area contributed by atoms with E-state index in [-0.39, 0.29) is 11.4 Å². The summed E-state index contributed by atoms with van der Waals surface area (Å²) in [5.74, 6) is -0.955. The molecule has 5 heteroatoms. The number of H-pyrrole nitrogens is 1. The van der Waals surface area contributed by atoms with E-state index >= 15 is 0 Å². The number of ether oxygens (including phenoxy) is 1. The van der Waals surface area contributed by atoms with Gasteiger partial charge in [0.15, 0.2) is 0 Å². The van der Waals surface area contributed by atoms with Gasteiger partial charge in [0.25, 0.3) is 5.56 Å². The SMILES string of the molecule is COC(=O)c1ccc(Cc2ccccc2-c2ccc(F)cc2)[nH]c1=O. The lowest BCUT2D eigenvalue weighted by Crippen LogP contribution is -2.19. The number of hydrogen-bond acceptors (Lipinski definition) is 3. The molecule has 0 unspecified atom stereocenters. The number of pyridine rings is 1. The maximum absolute atomic E-state index is 13.1. The molecule has 0 aliphatic rings. The molecular formula is C20H16FNO3. The second kappa shape index (κ2) is 7.13. The molecule has 0 aliphatic carbocycles. The first kappa shape index (κ1) is 16.6. The topological polar surface area (TPSA) is 59.2 Å². The van der Waals surface area contributed by atoms with Crippen LogP contribution in [0, 0.1) is 5.82 Å². The van der Waals surface area contributed by atoms with Crippen LogP contribution >= 0.6 is 0 Å². The Hall–Kier alpha value is -3.21. The third-order valence-electron chi connectivity index (χ3n) is 3.93. The average Bonchev–Trinajstić information content (AvgIpc) is 2.62. The van der Waals surface area contributed by atoms with E-state index in [4.69, 9.17) is 0 Å². The van der Waals surface area contributed by atoms with Crippen LogP contribution in [0.3, 0.4) is 0 Å². The van der Waals surface area contributed by atoms with Gasteiger partial charge in [-0.05, 0) is 41.0 Å². The Labute approximate surface area is 143 Å². The van der Waals surface area contributed by atoms with E-state index in [1.165, 1.54) is 25.3 Å². The van der Waals surface area contributed by atoms with Crippen molar-refractivity contribution in [2.75, 3.05) is 7.11 Å². The van der Waals surface area contributed by atoms with Crippen molar-refractivity contribution in [3.63, 3.8) is 0 Å². The minimum Gasteiger partial charge on any atom is -0.465 e. The lowest BCUT2D eigenvalue weighted by Gasteiger charge is -2.10. The summed E-state index contributed by atoms with van der Waals surface area (Å²) in [4.78, 5) is 26.2. The van der Waals surface area contributed by atoms with Crippen LogP contribution in [0.25, 0.3) is 11.1 Å². The summed E-state index contributed by atoms with van der Waals surface area (Å²) in [5.41, 5.74) is 3.00. The molecule has 0 atom stereocenters. The molecule has 2 aromatic carbocycles. The first-order valence-electron chi connectivity index (χ1n) is 7.73. The largest absolute Gasteiger partial charge is 0.465 e. The van der Waals surface area contributed by atoms with Crippen molar-refractivity contribution in [3.05, 3.63) is 93.7 Å². The van der Waals surface area contributed by atoms with Crippen LogP contribution in [-0.2, 0) is 11.2 Å². The molecule has 1 heterocycles. The maximum atomic E-state index is 13.1. The van der Waals surface area contributed by atoms with Crippen LogP contribution in [0.2, 0.25) is 0 Å². The Kier molecular flexibility index (Phi) is 4.75. The van der Waals surface area contributed by atoms with E-state index in [1.807, 2.05) is 24.3 Å². The van der Waals surface area contributed by atoms with Gasteiger partial charge in [0.05, 0.1) is 7.11 Å². The first-order chi connectivity index (χ1) is 12.1. The van der Waals surface area contributed by atoms with Crippen LogP contribution in [0.1, 0.15) is 21.6 Å². The maximum Gasteiger partial charge on any atom is 0.343 e. The Morgan fingerprint density at radius 3 is 2.44 bits per heavy atom. The summed E-state index contributed by atoms with van der Waals surface area (Å²) in [5, 5.41) is 0. The molecule has 25 heavy (non-hydrogen) atoms. The van der Waals surface area contributed by atoms with Crippen LogP contribution in [-0.4, -0.2) is 18.1 Å². The van der Waals surface area contributed by atoms with Crippen LogP contribution < -0.4 is 5.56 Å². The van der Waals surface area contributed by atoms with Crippen molar-refractivity contribution in [3.8, 4) is 11.1 Å². The third kappa shape index (κ3) is 3.66. The lowest BCUT2D eigenvalue weighted by atomic mass is 9.96. The minimum absolute atomic E-state index is 0.0296. The average molecular weight is 337 g/mol. The summed E-state index contributed by atoms with van der Waals surface area (Å²) in [6.45, 7) is 0. The molecule has 1 aromatic heterocycles. The second-order valence-electron chi connectivity index (χ2n) is 5.56. The zero-order valence-electron chi connectivity index (χ0n) is 13.6. The number of aromatic nitrogens is 1. The van der Waals surface area contributed by atoms with Gasteiger partial charge in [-0.3, -0.25) is 4.79 Å². The standard InChI is InChI=1S/C20H16FNO3/c1-25-20(24)18-11-10-16(22-19(18)23)12-14-4-2-3-5-17(14)13-6-8-15(21)9-7-13/h2-11H,12H2,1H3,(H,22,23). The Bertz CT molecular complexity index is 961. The molecule has 0 bridgehead atoms. The van der Waals surface area contributed by atoms with Crippen molar-refractivity contribution >= 4 is 5.97 Å². The normalized spacial score (nSPS) is 10.5. The molecule has 0 fully saturated rings. The highest BCUT2D eigenvalue weighted by Gasteiger charge is 2.12. The monoisotopic (exact) mass is 337 g/mol. The minimum atomic E-state index is -0.667. The fraction of sp³-hybridized carbons (Fsp3) is 0.100. The summed E-state index contributed by atoms with van der Waals surface area (Å²) >= 11 is 0. The molecule has 3 aromatic rings. The van der Waals surface area contributed by atoms with E-state index in [2.05, 4.69) is 9.72 Å². The van der Waals surface area contributed by atoms with Crippen molar-refractivity contribution in [1.29, 1.82) is 0 Å². The molecule has 0 saturated heterocycles. The smallest absolute Gasteiger partial charge is 0.343 e. The van der Waals surface area contributed by atoms with Crippen LogP contribution in [0.4, 0.5) is 4.39 Å². The van der Waals surface area contributed by atoms with Crippen molar-refractivity contribution in [1.82, 2.24) is 4.98 Å². The number of benzene rings is 2. The fourth-order valence-corrected chi connectivity index (χ4v) is 2.68. The zero-order chi connectivity index (χ0) is 17.8. The molecule has 0 saturated carbocycles. The van der Waals surface area contributed by atoms with E-state index in [9.17, 15) is 14.0 Å². The van der Waals surface area contributed by atoms with Gasteiger partial charge in [-0.1, -0.05) is 36.4 Å². The molecular weight excluding hydrogens is 321 g/mol. The van der Waals surface area contributed by atoms with Gasteiger partial charge in [-0.15, -0.1) is 0 Å². The highest BCUT2D eigenvalue weighted by Crippen LogP contribution is 2.25. The fourth-order valence-electron chi connectivity index (χ4n) is 2.68. The first-order valence-corrected chi connectivity index (χ1v) is 7.73. The molecule has 0 spiro atoms. The quantitative estimate of drug-likeness (QED) is 0.741. The van der Waals surface area contributed by atoms with E-state index in [0.29, 0.717) is 12.1 Å². The molecule has 3 rings (SSSR count). The summed E-state index contributed by atoms with van der Waals surface area (Å²) in [6.07, 6.45) is 0.476. The number of hydrogen-bond donors (Lipinski definition) is 1. The molecule has 0 aliphatic heterocycles. The van der Waals surface area contributed by atoms with Crippen LogP contribution in [0.5, 0.6) is 0 Å². The number of esters is 1. The summed E-state index contributed by atoms with van der Waals surface area (Å²) < 4.78 is 17.7. The van der Waals surface area contributed by atoms with Gasteiger partial charge in [0.1, 0.15) is 11.4 Å². The predicted octanol–water partition coefficient (Wildman–Crippen LogP) is 3.56. The number of aromatic amines is 1. The molecule has 4 nitrogen and oxygen atoms in total. The lowest BCUT2D eigenvalue weighted by molar-refractivity contribution is 0.0598. The molecule has 0 amide bonds. The number of rotatable bonds is 4. The van der Waals surface area contributed by atoms with Gasteiger partial charge in [-0.25, -0.2) is 9.18 Å². The predicted molar refractivity (Wildman–Crippen MR) is 93.0 cm³/mol. The summed E-state index contributed by atoms with van der Waals surface area (Å²) in [7, 11) is 1.23. The number of carbonyl (C=O) groups excluding carboxylic acids is 1. The van der Waals surface area contributed by atoms with Gasteiger partial charge in [0, 0.05) is 12.1 Å². The van der Waals surface area contributed by atoms with Crippen LogP contribution in [0.15, 0.2) is 65.5 Å². The van der Waals surface area contributed by atoms with Gasteiger partial charge in [0.2, 0.25) is 0 Å². The van der Waals surface area contributed by atoms with Crippen molar-refractivity contribution in [2.24, 2.45) is 0 Å². The van der Waals surface area contributed by atoms with Gasteiger partial charge >= 0.3 is 5.97 Å². The Morgan fingerprint density at radius 1 is 1.04 bits per heavy atom. The Balaban J connectivity index is 1.94. The Morgan fingerprint density at radius 2 is 1.76 bits per heavy atom. The second-order valence-corrected chi connectivity index (χ2v) is 5.56. The molecule has 126 valence electrons. The van der Waals surface area contributed by atoms with E-state index in [0.717, 1.165) is 16.7 Å². The van der Waals surface area contributed by atoms with Gasteiger partial charge in [-0.2, -0.15) is 0 Å². The third-order valence-corrected chi connectivity index (χ3v) is 3.93. The molecule has 0 radical (unpaired) electrons. The summed E-state index contributed by atoms with van der Waals surface area (Å²) in [6, 6.07) is 17.1. The van der Waals surface area contributed by atoms with E-state index in [1.54, 1.807) is 18.2 Å². The van der Waals surface area contributed by atoms with Gasteiger partial charge < -0.3 is 9.72 Å². The van der Waals surface area contributed by atoms with Crippen molar-refractivity contribution in [2.45, 2.75) is 6.42 Å². The highest BCUT2D eigenvalue weighted by atomic mass is 19.1. The zero-order valence-corrected chi connectivity index (χ0v) is 13.6.